The first kappa shape index (κ1) is 23.4. The maximum absolute atomic E-state index is 12.7. The van der Waals surface area contributed by atoms with Crippen molar-refractivity contribution in [3.63, 3.8) is 0 Å². The van der Waals surface area contributed by atoms with Crippen LogP contribution in [0, 0.1) is 11.8 Å². The van der Waals surface area contributed by atoms with Gasteiger partial charge >= 0.3 is 12.1 Å². The first-order valence-electron chi connectivity index (χ1n) is 12.6. The first-order valence-corrected chi connectivity index (χ1v) is 12.6. The smallest absolute Gasteiger partial charge is 0.407 e. The van der Waals surface area contributed by atoms with E-state index in [-0.39, 0.29) is 30.4 Å². The van der Waals surface area contributed by atoms with Crippen molar-refractivity contribution in [2.24, 2.45) is 11.8 Å². The molecule has 5 rings (SSSR count). The third-order valence-electron chi connectivity index (χ3n) is 7.79. The summed E-state index contributed by atoms with van der Waals surface area (Å²) in [4.78, 5) is 38.3. The summed E-state index contributed by atoms with van der Waals surface area (Å²) in [7, 11) is 0. The van der Waals surface area contributed by atoms with E-state index in [1.54, 1.807) is 4.90 Å². The van der Waals surface area contributed by atoms with Gasteiger partial charge in [-0.1, -0.05) is 48.5 Å². The number of alkyl carbamates (subject to hydrolysis) is 1. The van der Waals surface area contributed by atoms with Crippen LogP contribution in [0.3, 0.4) is 0 Å². The van der Waals surface area contributed by atoms with E-state index in [9.17, 15) is 19.5 Å². The number of nitrogens with zero attached hydrogens (tertiary/aromatic N) is 1. The molecule has 2 fully saturated rings. The largest absolute Gasteiger partial charge is 0.481 e. The second-order valence-corrected chi connectivity index (χ2v) is 10.1. The fraction of sp³-hybridized carbons (Fsp3) is 0.464. The molecule has 2 amide bonds. The molecule has 3 atom stereocenters. The van der Waals surface area contributed by atoms with Crippen LogP contribution in [0.25, 0.3) is 11.1 Å². The van der Waals surface area contributed by atoms with Gasteiger partial charge in [-0.2, -0.15) is 0 Å². The molecule has 0 spiro atoms. The lowest BCUT2D eigenvalue weighted by molar-refractivity contribution is -0.145. The average Bonchev–Trinajstić information content (AvgIpc) is 3.44. The molecular weight excluding hydrogens is 444 g/mol. The summed E-state index contributed by atoms with van der Waals surface area (Å²) in [5.41, 5.74) is 4.76. The summed E-state index contributed by atoms with van der Waals surface area (Å²) in [6.07, 6.45) is 3.80. The zero-order chi connectivity index (χ0) is 24.4. The van der Waals surface area contributed by atoms with Crippen LogP contribution in [0.2, 0.25) is 0 Å². The summed E-state index contributed by atoms with van der Waals surface area (Å²) in [5, 5.41) is 12.3. The van der Waals surface area contributed by atoms with Gasteiger partial charge in [-0.05, 0) is 60.3 Å². The quantitative estimate of drug-likeness (QED) is 0.644. The summed E-state index contributed by atoms with van der Waals surface area (Å²) >= 11 is 0. The molecule has 2 aromatic carbocycles. The highest BCUT2D eigenvalue weighted by molar-refractivity contribution is 5.79. The van der Waals surface area contributed by atoms with Gasteiger partial charge in [-0.25, -0.2) is 4.79 Å². The summed E-state index contributed by atoms with van der Waals surface area (Å²) in [5.74, 6) is -1.02. The Morgan fingerprint density at radius 1 is 0.971 bits per heavy atom. The molecule has 0 aromatic heterocycles. The summed E-state index contributed by atoms with van der Waals surface area (Å²) in [6.45, 7) is 1.23. The predicted molar refractivity (Wildman–Crippen MR) is 131 cm³/mol. The van der Waals surface area contributed by atoms with Crippen LogP contribution in [0.4, 0.5) is 4.79 Å². The van der Waals surface area contributed by atoms with E-state index in [1.807, 2.05) is 24.3 Å². The molecular formula is C28H32N2O5. The Balaban J connectivity index is 1.10. The molecule has 2 aromatic rings. The Bertz CT molecular complexity index is 1070. The van der Waals surface area contributed by atoms with Crippen molar-refractivity contribution >= 4 is 18.0 Å². The summed E-state index contributed by atoms with van der Waals surface area (Å²) in [6, 6.07) is 16.5. The van der Waals surface area contributed by atoms with Gasteiger partial charge in [0.2, 0.25) is 5.91 Å². The number of fused-ring (bicyclic) bond motifs is 3. The van der Waals surface area contributed by atoms with Crippen LogP contribution in [0.1, 0.15) is 55.6 Å². The van der Waals surface area contributed by atoms with Gasteiger partial charge < -0.3 is 20.1 Å². The number of hydrogen-bond acceptors (Lipinski definition) is 4. The van der Waals surface area contributed by atoms with Crippen LogP contribution in [0.15, 0.2) is 48.5 Å². The third-order valence-corrected chi connectivity index (χ3v) is 7.79. The highest BCUT2D eigenvalue weighted by atomic mass is 16.5. The van der Waals surface area contributed by atoms with Crippen LogP contribution < -0.4 is 5.32 Å². The number of hydrogen-bond donors (Lipinski definition) is 2. The Kier molecular flexibility index (Phi) is 6.75. The molecule has 1 saturated carbocycles. The molecule has 1 aliphatic heterocycles. The lowest BCUT2D eigenvalue weighted by Gasteiger charge is -2.31. The molecule has 2 N–H and O–H groups in total. The van der Waals surface area contributed by atoms with Crippen molar-refractivity contribution < 1.29 is 24.2 Å². The van der Waals surface area contributed by atoms with Gasteiger partial charge in [0.15, 0.2) is 0 Å². The number of carbonyl (C=O) groups excluding carboxylic acids is 2. The molecule has 184 valence electrons. The minimum atomic E-state index is -0.823. The van der Waals surface area contributed by atoms with Gasteiger partial charge in [-0.15, -0.1) is 0 Å². The van der Waals surface area contributed by atoms with Crippen molar-refractivity contribution in [2.45, 2.75) is 50.5 Å². The maximum atomic E-state index is 12.7. The van der Waals surface area contributed by atoms with Crippen LogP contribution in [-0.2, 0) is 14.3 Å². The SMILES string of the molecule is O=C(N[C@H]1CC[C@@H](CC(=O)N2CCCC(C(=O)O)C2)C1)OCC1c2ccccc2-c2ccccc21. The van der Waals surface area contributed by atoms with Crippen molar-refractivity contribution in [1.82, 2.24) is 10.2 Å². The number of carboxylic acid groups (broad SMARTS) is 1. The van der Waals surface area contributed by atoms with Gasteiger partial charge in [0.1, 0.15) is 6.61 Å². The topological polar surface area (TPSA) is 95.9 Å². The van der Waals surface area contributed by atoms with Crippen LogP contribution in [-0.4, -0.2) is 53.7 Å². The molecule has 7 nitrogen and oxygen atoms in total. The number of nitrogens with one attached hydrogen (secondary N) is 1. The minimum absolute atomic E-state index is 0.00317. The van der Waals surface area contributed by atoms with Crippen LogP contribution in [0.5, 0.6) is 0 Å². The Morgan fingerprint density at radius 2 is 1.66 bits per heavy atom. The highest BCUT2D eigenvalue weighted by Gasteiger charge is 2.33. The van der Waals surface area contributed by atoms with E-state index in [2.05, 4.69) is 29.6 Å². The van der Waals surface area contributed by atoms with Crippen molar-refractivity contribution in [3.05, 3.63) is 59.7 Å². The van der Waals surface area contributed by atoms with Gasteiger partial charge in [-0.3, -0.25) is 9.59 Å². The standard InChI is InChI=1S/C28H32N2O5/c31-26(30-13-5-6-19(16-30)27(32)33)15-18-11-12-20(14-18)29-28(34)35-17-25-23-9-3-1-7-21(23)22-8-2-4-10-24(22)25/h1-4,7-10,18-20,25H,5-6,11-17H2,(H,29,34)(H,32,33)/t18-,19?,20+/m1/s1. The molecule has 3 aliphatic rings. The third kappa shape index (κ3) is 5.04. The second kappa shape index (κ2) is 10.1. The number of aliphatic carboxylic acids is 1. The van der Waals surface area contributed by atoms with Gasteiger partial charge in [0, 0.05) is 31.5 Å². The number of benzene rings is 2. The lowest BCUT2D eigenvalue weighted by Crippen LogP contribution is -2.42. The lowest BCUT2D eigenvalue weighted by atomic mass is 9.96. The molecule has 2 aliphatic carbocycles. The van der Waals surface area contributed by atoms with E-state index in [0.29, 0.717) is 25.9 Å². The van der Waals surface area contributed by atoms with Gasteiger partial charge in [0.25, 0.3) is 0 Å². The minimum Gasteiger partial charge on any atom is -0.481 e. The molecule has 1 heterocycles. The Morgan fingerprint density at radius 3 is 2.34 bits per heavy atom. The maximum Gasteiger partial charge on any atom is 0.407 e. The van der Waals surface area contributed by atoms with Crippen molar-refractivity contribution in [2.75, 3.05) is 19.7 Å². The molecule has 35 heavy (non-hydrogen) atoms. The molecule has 1 unspecified atom stereocenters. The fourth-order valence-corrected chi connectivity index (χ4v) is 5.98. The predicted octanol–water partition coefficient (Wildman–Crippen LogP) is 4.41. The fourth-order valence-electron chi connectivity index (χ4n) is 5.98. The highest BCUT2D eigenvalue weighted by Crippen LogP contribution is 2.44. The Hall–Kier alpha value is -3.35. The van der Waals surface area contributed by atoms with E-state index in [0.717, 1.165) is 25.7 Å². The molecule has 7 heteroatoms. The number of carboxylic acids is 1. The molecule has 1 saturated heterocycles. The number of ether oxygens (including phenoxy) is 1. The van der Waals surface area contributed by atoms with Crippen LogP contribution >= 0.6 is 0 Å². The van der Waals surface area contributed by atoms with Gasteiger partial charge in [0.05, 0.1) is 5.92 Å². The van der Waals surface area contributed by atoms with Crippen molar-refractivity contribution in [1.29, 1.82) is 0 Å². The Labute approximate surface area is 205 Å². The normalized spacial score (nSPS) is 23.4. The van der Waals surface area contributed by atoms with E-state index < -0.39 is 18.0 Å². The summed E-state index contributed by atoms with van der Waals surface area (Å²) < 4.78 is 5.67. The second-order valence-electron chi connectivity index (χ2n) is 10.1. The van der Waals surface area contributed by atoms with Crippen molar-refractivity contribution in [3.8, 4) is 11.1 Å². The van der Waals surface area contributed by atoms with E-state index in [4.69, 9.17) is 4.74 Å². The molecule has 0 radical (unpaired) electrons. The monoisotopic (exact) mass is 476 g/mol. The zero-order valence-corrected chi connectivity index (χ0v) is 19.8. The number of likely N-dealkylation sites (tertiary alicyclic amines) is 1. The average molecular weight is 477 g/mol. The van der Waals surface area contributed by atoms with E-state index >= 15 is 0 Å². The number of piperidine rings is 1. The first-order chi connectivity index (χ1) is 17.0. The van der Waals surface area contributed by atoms with E-state index in [1.165, 1.54) is 22.3 Å². The zero-order valence-electron chi connectivity index (χ0n) is 19.8. The number of rotatable bonds is 6. The number of amides is 2. The number of carbonyl (C=O) groups is 3. The molecule has 0 bridgehead atoms.